The van der Waals surface area contributed by atoms with Gasteiger partial charge in [0.1, 0.15) is 0 Å². The van der Waals surface area contributed by atoms with Crippen LogP contribution >= 0.6 is 0 Å². The Morgan fingerprint density at radius 3 is 1.92 bits per heavy atom. The molecule has 13 heavy (non-hydrogen) atoms. The molecule has 1 heterocycles. The fraction of sp³-hybridized carbons (Fsp3) is 0.500. The molecule has 2 nitrogen and oxygen atoms in total. The summed E-state index contributed by atoms with van der Waals surface area (Å²) in [5.41, 5.74) is 0. The van der Waals surface area contributed by atoms with Gasteiger partial charge >= 0.3 is 7.25 Å². The Morgan fingerprint density at radius 1 is 1.31 bits per heavy atom. The van der Waals surface area contributed by atoms with Gasteiger partial charge in [0, 0.05) is 6.07 Å². The maximum Gasteiger partial charge on any atom is 0.673 e. The first-order valence-corrected chi connectivity index (χ1v) is 3.73. The number of halogens is 4. The molecule has 0 unspecified atom stereocenters. The zero-order chi connectivity index (χ0) is 10.5. The SMILES string of the molecule is CC[n+]1cccn1C.F[B-](F)(F)F. The van der Waals surface area contributed by atoms with Gasteiger partial charge in [-0.15, -0.1) is 4.68 Å². The fourth-order valence-electron chi connectivity index (χ4n) is 0.782. The molecule has 0 bridgehead atoms. The van der Waals surface area contributed by atoms with Crippen molar-refractivity contribution < 1.29 is 21.9 Å². The van der Waals surface area contributed by atoms with E-state index in [0.717, 1.165) is 6.54 Å². The molecule has 0 amide bonds. The van der Waals surface area contributed by atoms with Gasteiger partial charge in [-0.1, -0.05) is 0 Å². The molecule has 0 aliphatic rings. The van der Waals surface area contributed by atoms with Gasteiger partial charge in [-0.2, -0.15) is 4.68 Å². The van der Waals surface area contributed by atoms with E-state index in [4.69, 9.17) is 0 Å². The van der Waals surface area contributed by atoms with Gasteiger partial charge in [0.05, 0.1) is 13.2 Å². The number of hydrogen-bond donors (Lipinski definition) is 0. The molecule has 0 atom stereocenters. The van der Waals surface area contributed by atoms with E-state index < -0.39 is 7.25 Å². The first-order chi connectivity index (χ1) is 5.84. The summed E-state index contributed by atoms with van der Waals surface area (Å²) in [6.45, 7) is 3.17. The van der Waals surface area contributed by atoms with E-state index in [9.17, 15) is 17.3 Å². The molecule has 0 saturated heterocycles. The van der Waals surface area contributed by atoms with E-state index in [0.29, 0.717) is 0 Å². The molecule has 1 aromatic rings. The van der Waals surface area contributed by atoms with Crippen molar-refractivity contribution in [2.75, 3.05) is 0 Å². The van der Waals surface area contributed by atoms with E-state index >= 15 is 0 Å². The van der Waals surface area contributed by atoms with Crippen LogP contribution in [-0.2, 0) is 13.6 Å². The summed E-state index contributed by atoms with van der Waals surface area (Å²) in [5.74, 6) is 0. The molecule has 7 heteroatoms. The third kappa shape index (κ3) is 7.36. The van der Waals surface area contributed by atoms with E-state index in [2.05, 4.69) is 22.5 Å². The number of rotatable bonds is 1. The summed E-state index contributed by atoms with van der Waals surface area (Å²) >= 11 is 0. The molecular weight excluding hydrogens is 187 g/mol. The smallest absolute Gasteiger partial charge is 0.418 e. The standard InChI is InChI=1S/C6H11N2.BF4/c1-3-8-6-4-5-7(8)2;2-1(3,4)5/h4-6H,3H2,1-2H3;/q+1;-1. The van der Waals surface area contributed by atoms with Crippen molar-refractivity contribution in [2.24, 2.45) is 7.05 Å². The predicted molar refractivity (Wildman–Crippen MR) is 41.5 cm³/mol. The molecule has 0 radical (unpaired) electrons. The van der Waals surface area contributed by atoms with Gasteiger partial charge in [0.2, 0.25) is 0 Å². The van der Waals surface area contributed by atoms with Crippen molar-refractivity contribution in [3.63, 3.8) is 0 Å². The minimum absolute atomic E-state index is 1.05. The Bertz CT molecular complexity index is 239. The summed E-state index contributed by atoms with van der Waals surface area (Å²) in [7, 11) is -3.97. The van der Waals surface area contributed by atoms with Crippen LogP contribution < -0.4 is 4.68 Å². The fourth-order valence-corrected chi connectivity index (χ4v) is 0.782. The minimum atomic E-state index is -6.00. The highest BCUT2D eigenvalue weighted by Crippen LogP contribution is 2.06. The lowest BCUT2D eigenvalue weighted by molar-refractivity contribution is -0.770. The molecule has 0 spiro atoms. The first kappa shape index (κ1) is 12.0. The van der Waals surface area contributed by atoms with Crippen molar-refractivity contribution in [1.29, 1.82) is 0 Å². The van der Waals surface area contributed by atoms with Gasteiger partial charge in [0.25, 0.3) is 0 Å². The van der Waals surface area contributed by atoms with Crippen molar-refractivity contribution in [1.82, 2.24) is 4.68 Å². The summed E-state index contributed by atoms with van der Waals surface area (Å²) in [5, 5.41) is 0. The minimum Gasteiger partial charge on any atom is -0.418 e. The lowest BCUT2D eigenvalue weighted by Gasteiger charge is -1.94. The normalized spacial score (nSPS) is 10.6. The number of hydrogen-bond acceptors (Lipinski definition) is 0. The molecule has 0 saturated carbocycles. The molecule has 0 aromatic carbocycles. The van der Waals surface area contributed by atoms with Crippen LogP contribution in [0.25, 0.3) is 0 Å². The Kier molecular flexibility index (Phi) is 4.51. The molecule has 1 aromatic heterocycles. The predicted octanol–water partition coefficient (Wildman–Crippen LogP) is 1.63. The Hall–Kier alpha value is -1.01. The molecule has 76 valence electrons. The molecule has 0 aliphatic carbocycles. The quantitative estimate of drug-likeness (QED) is 0.368. The molecule has 0 N–H and O–H groups in total. The van der Waals surface area contributed by atoms with E-state index in [1.807, 2.05) is 19.3 Å². The average molecular weight is 198 g/mol. The topological polar surface area (TPSA) is 8.81 Å². The molecule has 0 fully saturated rings. The maximum absolute atomic E-state index is 9.75. The summed E-state index contributed by atoms with van der Waals surface area (Å²) in [6.07, 6.45) is 4.09. The largest absolute Gasteiger partial charge is 0.673 e. The Balaban J connectivity index is 0.000000252. The van der Waals surface area contributed by atoms with Crippen molar-refractivity contribution >= 4 is 7.25 Å². The second kappa shape index (κ2) is 4.88. The summed E-state index contributed by atoms with van der Waals surface area (Å²) in [6, 6.07) is 2.03. The highest BCUT2D eigenvalue weighted by Gasteiger charge is 2.20. The van der Waals surface area contributed by atoms with Crippen LogP contribution in [0.15, 0.2) is 18.5 Å². The van der Waals surface area contributed by atoms with Crippen LogP contribution in [0.4, 0.5) is 17.3 Å². The van der Waals surface area contributed by atoms with Crippen LogP contribution in [0.1, 0.15) is 6.92 Å². The van der Waals surface area contributed by atoms with Crippen molar-refractivity contribution in [3.8, 4) is 0 Å². The van der Waals surface area contributed by atoms with Crippen LogP contribution in [0.3, 0.4) is 0 Å². The third-order valence-corrected chi connectivity index (χ3v) is 1.29. The van der Waals surface area contributed by atoms with Gasteiger partial charge in [-0.25, -0.2) is 0 Å². The van der Waals surface area contributed by atoms with Crippen molar-refractivity contribution in [2.45, 2.75) is 13.5 Å². The third-order valence-electron chi connectivity index (χ3n) is 1.29. The Morgan fingerprint density at radius 2 is 1.77 bits per heavy atom. The highest BCUT2D eigenvalue weighted by atomic mass is 19.5. The summed E-state index contributed by atoms with van der Waals surface area (Å²) in [4.78, 5) is 0. The lowest BCUT2D eigenvalue weighted by atomic mass is 10.3. The van der Waals surface area contributed by atoms with E-state index in [1.165, 1.54) is 0 Å². The van der Waals surface area contributed by atoms with Crippen LogP contribution in [0.5, 0.6) is 0 Å². The molecule has 0 aliphatic heterocycles. The van der Waals surface area contributed by atoms with E-state index in [1.54, 1.807) is 0 Å². The van der Waals surface area contributed by atoms with E-state index in [-0.39, 0.29) is 0 Å². The second-order valence-corrected chi connectivity index (χ2v) is 2.31. The lowest BCUT2D eigenvalue weighted by Crippen LogP contribution is -2.39. The maximum atomic E-state index is 9.75. The monoisotopic (exact) mass is 198 g/mol. The molecule has 1 rings (SSSR count). The first-order valence-electron chi connectivity index (χ1n) is 3.73. The molecular formula is C6H11BF4N2. The average Bonchev–Trinajstić information content (AvgIpc) is 2.31. The second-order valence-electron chi connectivity index (χ2n) is 2.31. The van der Waals surface area contributed by atoms with Crippen LogP contribution in [0, 0.1) is 0 Å². The zero-order valence-corrected chi connectivity index (χ0v) is 7.42. The summed E-state index contributed by atoms with van der Waals surface area (Å²) < 4.78 is 43.2. The van der Waals surface area contributed by atoms with Gasteiger partial charge in [0.15, 0.2) is 12.7 Å². The van der Waals surface area contributed by atoms with Crippen LogP contribution in [-0.4, -0.2) is 11.9 Å². The van der Waals surface area contributed by atoms with Crippen LogP contribution in [0.2, 0.25) is 0 Å². The van der Waals surface area contributed by atoms with Crippen molar-refractivity contribution in [3.05, 3.63) is 18.5 Å². The number of nitrogens with zero attached hydrogens (tertiary/aromatic N) is 2. The number of aryl methyl sites for hydroxylation is 2. The van der Waals surface area contributed by atoms with Gasteiger partial charge < -0.3 is 17.3 Å². The van der Waals surface area contributed by atoms with Gasteiger partial charge in [-0.3, -0.25) is 0 Å². The highest BCUT2D eigenvalue weighted by molar-refractivity contribution is 6.50. The number of aromatic nitrogens is 2. The Labute approximate surface area is 73.9 Å². The zero-order valence-electron chi connectivity index (χ0n) is 7.42. The van der Waals surface area contributed by atoms with Gasteiger partial charge in [-0.05, 0) is 6.92 Å².